The summed E-state index contributed by atoms with van der Waals surface area (Å²) in [7, 11) is 0. The van der Waals surface area contributed by atoms with E-state index in [0.29, 0.717) is 17.5 Å². The molecule has 0 fully saturated rings. The Kier molecular flexibility index (Phi) is 3.76. The summed E-state index contributed by atoms with van der Waals surface area (Å²) in [5, 5.41) is 19.4. The number of hydrogen-bond acceptors (Lipinski definition) is 4. The van der Waals surface area contributed by atoms with Gasteiger partial charge in [-0.25, -0.2) is 0 Å². The van der Waals surface area contributed by atoms with Crippen molar-refractivity contribution >= 4 is 5.69 Å². The second-order valence-electron chi connectivity index (χ2n) is 3.42. The molecule has 0 spiro atoms. The van der Waals surface area contributed by atoms with Crippen molar-refractivity contribution in [2.24, 2.45) is 5.73 Å². The summed E-state index contributed by atoms with van der Waals surface area (Å²) in [5.74, 6) is 0. The van der Waals surface area contributed by atoms with Gasteiger partial charge in [0.25, 0.3) is 5.69 Å². The van der Waals surface area contributed by atoms with Gasteiger partial charge in [0.05, 0.1) is 4.92 Å². The summed E-state index contributed by atoms with van der Waals surface area (Å²) in [5.41, 5.74) is 7.11. The van der Waals surface area contributed by atoms with Crippen LogP contribution in [0, 0.1) is 17.0 Å². The molecular formula is C10H14N2O3. The molecule has 0 heterocycles. The zero-order chi connectivity index (χ0) is 11.4. The molecule has 0 aliphatic rings. The first-order valence-corrected chi connectivity index (χ1v) is 4.67. The summed E-state index contributed by atoms with van der Waals surface area (Å²) < 4.78 is 0. The third-order valence-corrected chi connectivity index (χ3v) is 2.30. The third kappa shape index (κ3) is 2.74. The molecule has 1 aromatic rings. The van der Waals surface area contributed by atoms with Crippen LogP contribution in [0.1, 0.15) is 23.6 Å². The Morgan fingerprint density at radius 1 is 1.60 bits per heavy atom. The lowest BCUT2D eigenvalue weighted by Crippen LogP contribution is -2.12. The Morgan fingerprint density at radius 3 is 2.80 bits per heavy atom. The van der Waals surface area contributed by atoms with E-state index in [1.54, 1.807) is 19.1 Å². The van der Waals surface area contributed by atoms with Crippen molar-refractivity contribution in [1.29, 1.82) is 0 Å². The van der Waals surface area contributed by atoms with Gasteiger partial charge in [-0.3, -0.25) is 10.1 Å². The number of nitro groups is 1. The van der Waals surface area contributed by atoms with Gasteiger partial charge >= 0.3 is 0 Å². The number of aliphatic hydroxyl groups is 1. The first-order chi connectivity index (χ1) is 7.06. The highest BCUT2D eigenvalue weighted by Crippen LogP contribution is 2.23. The van der Waals surface area contributed by atoms with E-state index in [-0.39, 0.29) is 18.3 Å². The van der Waals surface area contributed by atoms with E-state index in [9.17, 15) is 10.1 Å². The van der Waals surface area contributed by atoms with E-state index in [2.05, 4.69) is 0 Å². The molecule has 82 valence electrons. The fraction of sp³-hybridized carbons (Fsp3) is 0.400. The van der Waals surface area contributed by atoms with Crippen LogP contribution in [0.15, 0.2) is 18.2 Å². The topological polar surface area (TPSA) is 89.4 Å². The Morgan fingerprint density at radius 2 is 2.27 bits per heavy atom. The largest absolute Gasteiger partial charge is 0.396 e. The Balaban J connectivity index is 3.02. The molecule has 0 unspecified atom stereocenters. The Bertz CT molecular complexity index is 366. The maximum Gasteiger partial charge on any atom is 0.272 e. The fourth-order valence-corrected chi connectivity index (χ4v) is 1.36. The van der Waals surface area contributed by atoms with Crippen LogP contribution in [-0.2, 0) is 0 Å². The molecule has 15 heavy (non-hydrogen) atoms. The highest BCUT2D eigenvalue weighted by molar-refractivity contribution is 5.43. The zero-order valence-corrected chi connectivity index (χ0v) is 8.51. The van der Waals surface area contributed by atoms with Crippen LogP contribution in [-0.4, -0.2) is 16.6 Å². The summed E-state index contributed by atoms with van der Waals surface area (Å²) >= 11 is 0. The molecule has 3 N–H and O–H groups in total. The zero-order valence-electron chi connectivity index (χ0n) is 8.51. The van der Waals surface area contributed by atoms with Crippen molar-refractivity contribution in [1.82, 2.24) is 0 Å². The van der Waals surface area contributed by atoms with E-state index in [1.807, 2.05) is 0 Å². The van der Waals surface area contributed by atoms with Gasteiger partial charge in [-0.15, -0.1) is 0 Å². The van der Waals surface area contributed by atoms with Crippen molar-refractivity contribution < 1.29 is 10.0 Å². The molecule has 0 saturated heterocycles. The Labute approximate surface area is 87.7 Å². The van der Waals surface area contributed by atoms with Gasteiger partial charge < -0.3 is 10.8 Å². The number of aryl methyl sites for hydroxylation is 1. The number of aliphatic hydroxyl groups excluding tert-OH is 1. The molecule has 0 bridgehead atoms. The van der Waals surface area contributed by atoms with Crippen LogP contribution in [0.5, 0.6) is 0 Å². The summed E-state index contributed by atoms with van der Waals surface area (Å²) in [4.78, 5) is 10.2. The van der Waals surface area contributed by atoms with Crippen molar-refractivity contribution in [2.45, 2.75) is 19.4 Å². The van der Waals surface area contributed by atoms with E-state index < -0.39 is 4.92 Å². The minimum absolute atomic E-state index is 0.0250. The maximum absolute atomic E-state index is 10.7. The second-order valence-corrected chi connectivity index (χ2v) is 3.42. The number of benzene rings is 1. The molecule has 0 radical (unpaired) electrons. The quantitative estimate of drug-likeness (QED) is 0.578. The number of nitrogens with two attached hydrogens (primary N) is 1. The lowest BCUT2D eigenvalue weighted by molar-refractivity contribution is -0.385. The molecule has 1 aromatic carbocycles. The minimum Gasteiger partial charge on any atom is -0.396 e. The van der Waals surface area contributed by atoms with Crippen LogP contribution < -0.4 is 5.73 Å². The van der Waals surface area contributed by atoms with Gasteiger partial charge in [0.1, 0.15) is 0 Å². The van der Waals surface area contributed by atoms with Crippen molar-refractivity contribution in [2.75, 3.05) is 6.61 Å². The summed E-state index contributed by atoms with van der Waals surface area (Å²) in [6.45, 7) is 1.66. The maximum atomic E-state index is 10.7. The van der Waals surface area contributed by atoms with Gasteiger partial charge in [-0.05, 0) is 18.9 Å². The lowest BCUT2D eigenvalue weighted by atomic mass is 10.0. The Hall–Kier alpha value is -1.46. The average Bonchev–Trinajstić information content (AvgIpc) is 2.18. The van der Waals surface area contributed by atoms with Crippen LogP contribution in [0.3, 0.4) is 0 Å². The van der Waals surface area contributed by atoms with Crippen molar-refractivity contribution in [3.63, 3.8) is 0 Å². The molecule has 0 amide bonds. The molecular weight excluding hydrogens is 196 g/mol. The van der Waals surface area contributed by atoms with Gasteiger partial charge in [0.2, 0.25) is 0 Å². The van der Waals surface area contributed by atoms with E-state index in [1.165, 1.54) is 6.07 Å². The second kappa shape index (κ2) is 4.86. The van der Waals surface area contributed by atoms with Crippen LogP contribution in [0.25, 0.3) is 0 Å². The number of hydrogen-bond donors (Lipinski definition) is 2. The van der Waals surface area contributed by atoms with Crippen LogP contribution in [0.2, 0.25) is 0 Å². The smallest absolute Gasteiger partial charge is 0.272 e. The van der Waals surface area contributed by atoms with Crippen molar-refractivity contribution in [3.05, 3.63) is 39.4 Å². The molecule has 0 aromatic heterocycles. The van der Waals surface area contributed by atoms with E-state index >= 15 is 0 Å². The number of nitrogens with zero attached hydrogens (tertiary/aromatic N) is 1. The SMILES string of the molecule is Cc1ccc([C@@H](N)CCO)cc1[N+](=O)[O-]. The molecule has 0 aliphatic carbocycles. The minimum atomic E-state index is -0.426. The van der Waals surface area contributed by atoms with Gasteiger partial charge in [0, 0.05) is 24.3 Å². The predicted molar refractivity (Wildman–Crippen MR) is 56.5 cm³/mol. The van der Waals surface area contributed by atoms with Gasteiger partial charge in [0.15, 0.2) is 0 Å². The standard InChI is InChI=1S/C10H14N2O3/c1-7-2-3-8(9(11)4-5-13)6-10(7)12(14)15/h2-3,6,9,13H,4-5,11H2,1H3/t9-/m0/s1. The first-order valence-electron chi connectivity index (χ1n) is 4.67. The van der Waals surface area contributed by atoms with Crippen LogP contribution in [0.4, 0.5) is 5.69 Å². The predicted octanol–water partition coefficient (Wildman–Crippen LogP) is 1.29. The van der Waals surface area contributed by atoms with Crippen LogP contribution >= 0.6 is 0 Å². The highest BCUT2D eigenvalue weighted by atomic mass is 16.6. The summed E-state index contributed by atoms with van der Waals surface area (Å²) in [6, 6.07) is 4.54. The van der Waals surface area contributed by atoms with E-state index in [4.69, 9.17) is 10.8 Å². The van der Waals surface area contributed by atoms with E-state index in [0.717, 1.165) is 0 Å². The summed E-state index contributed by atoms with van der Waals surface area (Å²) in [6.07, 6.45) is 0.403. The molecule has 5 nitrogen and oxygen atoms in total. The fourth-order valence-electron chi connectivity index (χ4n) is 1.36. The van der Waals surface area contributed by atoms with Gasteiger partial charge in [-0.1, -0.05) is 12.1 Å². The molecule has 1 rings (SSSR count). The monoisotopic (exact) mass is 210 g/mol. The third-order valence-electron chi connectivity index (χ3n) is 2.30. The molecule has 0 saturated carbocycles. The highest BCUT2D eigenvalue weighted by Gasteiger charge is 2.14. The number of nitro benzene ring substituents is 1. The van der Waals surface area contributed by atoms with Crippen molar-refractivity contribution in [3.8, 4) is 0 Å². The first kappa shape index (κ1) is 11.6. The molecule has 1 atom stereocenters. The average molecular weight is 210 g/mol. The normalized spacial score (nSPS) is 12.5. The molecule has 5 heteroatoms. The number of rotatable bonds is 4. The molecule has 0 aliphatic heterocycles. The van der Waals surface area contributed by atoms with Gasteiger partial charge in [-0.2, -0.15) is 0 Å². The lowest BCUT2D eigenvalue weighted by Gasteiger charge is -2.10.